The molecule has 6 aromatic carbocycles. The van der Waals surface area contributed by atoms with Gasteiger partial charge in [-0.1, -0.05) is 55.1 Å². The lowest BCUT2D eigenvalue weighted by Gasteiger charge is -2.31. The van der Waals surface area contributed by atoms with Crippen molar-refractivity contribution in [2.24, 2.45) is 0 Å². The van der Waals surface area contributed by atoms with E-state index in [0.717, 1.165) is 16.9 Å². The number of anilines is 6. The van der Waals surface area contributed by atoms with Gasteiger partial charge in [0.1, 0.15) is 0 Å². The van der Waals surface area contributed by atoms with Crippen molar-refractivity contribution in [3.05, 3.63) is 172 Å². The summed E-state index contributed by atoms with van der Waals surface area (Å²) in [6.07, 6.45) is 1.93. The summed E-state index contributed by atoms with van der Waals surface area (Å²) in [7, 11) is 0. The Bertz CT molecular complexity index is 2060. The lowest BCUT2D eigenvalue weighted by molar-refractivity contribution is 1.20. The summed E-state index contributed by atoms with van der Waals surface area (Å²) in [4.78, 5) is 4.82. The van der Waals surface area contributed by atoms with E-state index in [2.05, 4.69) is 187 Å². The van der Waals surface area contributed by atoms with Crippen molar-refractivity contribution >= 4 is 40.2 Å². The number of aryl methyl sites for hydroxylation is 8. The van der Waals surface area contributed by atoms with E-state index in [1.807, 2.05) is 6.08 Å². The Labute approximate surface area is 287 Å². The second-order valence-corrected chi connectivity index (χ2v) is 13.4. The van der Waals surface area contributed by atoms with Crippen molar-refractivity contribution in [1.29, 1.82) is 0 Å². The third-order valence-electron chi connectivity index (χ3n) is 9.27. The van der Waals surface area contributed by atoms with Gasteiger partial charge < -0.3 is 9.80 Å². The molecule has 0 saturated heterocycles. The molecule has 2 nitrogen and oxygen atoms in total. The third-order valence-corrected chi connectivity index (χ3v) is 9.27. The molecule has 0 bridgehead atoms. The zero-order chi connectivity index (χ0) is 34.1. The van der Waals surface area contributed by atoms with Crippen LogP contribution in [-0.2, 0) is 0 Å². The van der Waals surface area contributed by atoms with Gasteiger partial charge in [0.15, 0.2) is 0 Å². The van der Waals surface area contributed by atoms with Crippen LogP contribution in [0.4, 0.5) is 34.1 Å². The second kappa shape index (κ2) is 13.4. The summed E-state index contributed by atoms with van der Waals surface area (Å²) in [5, 5.41) is 0. The maximum absolute atomic E-state index is 4.01. The Morgan fingerprint density at radius 1 is 0.396 bits per heavy atom. The van der Waals surface area contributed by atoms with Crippen LogP contribution >= 0.6 is 0 Å². The molecule has 2 heteroatoms. The van der Waals surface area contributed by atoms with Gasteiger partial charge in [0.2, 0.25) is 0 Å². The Morgan fingerprint density at radius 3 is 1.06 bits per heavy atom. The van der Waals surface area contributed by atoms with Gasteiger partial charge in [-0.2, -0.15) is 0 Å². The van der Waals surface area contributed by atoms with Crippen molar-refractivity contribution in [2.45, 2.75) is 55.4 Å². The molecular formula is C46H46N2. The predicted octanol–water partition coefficient (Wildman–Crippen LogP) is 13.4. The first-order valence-corrected chi connectivity index (χ1v) is 16.8. The molecule has 0 unspecified atom stereocenters. The predicted molar refractivity (Wildman–Crippen MR) is 209 cm³/mol. The van der Waals surface area contributed by atoms with E-state index in [1.54, 1.807) is 0 Å². The van der Waals surface area contributed by atoms with Crippen LogP contribution in [0, 0.1) is 55.4 Å². The molecule has 0 fully saturated rings. The molecule has 0 amide bonds. The van der Waals surface area contributed by atoms with Crippen molar-refractivity contribution in [1.82, 2.24) is 0 Å². The first-order chi connectivity index (χ1) is 23.0. The number of benzene rings is 6. The quantitative estimate of drug-likeness (QED) is 0.166. The first kappa shape index (κ1) is 32.6. The molecule has 0 N–H and O–H groups in total. The number of rotatable bonds is 8. The molecule has 0 aromatic heterocycles. The zero-order valence-corrected chi connectivity index (χ0v) is 29.6. The summed E-state index contributed by atoms with van der Waals surface area (Å²) in [5.41, 5.74) is 20.6. The van der Waals surface area contributed by atoms with Crippen LogP contribution in [0.25, 0.3) is 17.2 Å². The van der Waals surface area contributed by atoms with Crippen LogP contribution in [0.5, 0.6) is 0 Å². The number of nitrogens with zero attached hydrogens (tertiary/aromatic N) is 2. The van der Waals surface area contributed by atoms with Crippen molar-refractivity contribution in [2.75, 3.05) is 9.80 Å². The second-order valence-electron chi connectivity index (χ2n) is 13.4. The first-order valence-electron chi connectivity index (χ1n) is 16.8. The highest BCUT2D eigenvalue weighted by molar-refractivity contribution is 5.86. The van der Waals surface area contributed by atoms with Crippen molar-refractivity contribution < 1.29 is 0 Å². The van der Waals surface area contributed by atoms with E-state index >= 15 is 0 Å². The molecule has 0 aliphatic heterocycles. The molecule has 0 heterocycles. The fraction of sp³-hybridized carbons (Fsp3) is 0.174. The fourth-order valence-corrected chi connectivity index (χ4v) is 7.09. The SMILES string of the molecule is C=Cc1ccc(N(c2cccc(C)c2)c2c(C)cc(-c3cc(C)c(N(c4cccc(C)c4)c4cccc(C)c4)c(C)c3)cc2C)cc1C. The summed E-state index contributed by atoms with van der Waals surface area (Å²) in [6, 6.07) is 42.4. The summed E-state index contributed by atoms with van der Waals surface area (Å²) in [5.74, 6) is 0. The van der Waals surface area contributed by atoms with Crippen LogP contribution in [0.2, 0.25) is 0 Å². The topological polar surface area (TPSA) is 6.48 Å². The Hall–Kier alpha value is -5.34. The molecule has 6 aromatic rings. The highest BCUT2D eigenvalue weighted by Crippen LogP contribution is 2.44. The van der Waals surface area contributed by atoms with Crippen LogP contribution in [0.3, 0.4) is 0 Å². The Kier molecular flexibility index (Phi) is 9.11. The molecule has 240 valence electrons. The van der Waals surface area contributed by atoms with Gasteiger partial charge in [-0.15, -0.1) is 0 Å². The molecule has 0 aliphatic carbocycles. The van der Waals surface area contributed by atoms with Gasteiger partial charge in [0, 0.05) is 22.7 Å². The van der Waals surface area contributed by atoms with Crippen LogP contribution in [-0.4, -0.2) is 0 Å². The van der Waals surface area contributed by atoms with Crippen molar-refractivity contribution in [3.63, 3.8) is 0 Å². The van der Waals surface area contributed by atoms with E-state index in [4.69, 9.17) is 0 Å². The van der Waals surface area contributed by atoms with E-state index in [0.29, 0.717) is 0 Å². The minimum Gasteiger partial charge on any atom is -0.310 e. The van der Waals surface area contributed by atoms with Gasteiger partial charge in [0.05, 0.1) is 11.4 Å². The lowest BCUT2D eigenvalue weighted by atomic mass is 9.93. The monoisotopic (exact) mass is 626 g/mol. The van der Waals surface area contributed by atoms with Gasteiger partial charge in [-0.25, -0.2) is 0 Å². The Morgan fingerprint density at radius 2 is 0.750 bits per heavy atom. The van der Waals surface area contributed by atoms with Gasteiger partial charge in [-0.05, 0) is 189 Å². The highest BCUT2D eigenvalue weighted by Gasteiger charge is 2.21. The molecule has 6 rings (SSSR count). The third kappa shape index (κ3) is 6.44. The van der Waals surface area contributed by atoms with Crippen LogP contribution in [0.1, 0.15) is 50.1 Å². The standard InChI is InChI=1S/C46H46N2/c1-10-38-20-21-44(29-33(38)5)48(43-19-13-16-32(4)24-43)46-36(8)27-40(28-37(46)9)39-25-34(6)45(35(7)26-39)47(41-17-11-14-30(2)22-41)42-18-12-15-31(3)23-42/h10-29H,1H2,2-9H3. The zero-order valence-electron chi connectivity index (χ0n) is 29.6. The van der Waals surface area contributed by atoms with E-state index in [-0.39, 0.29) is 0 Å². The average molecular weight is 627 g/mol. The molecule has 48 heavy (non-hydrogen) atoms. The van der Waals surface area contributed by atoms with Crippen LogP contribution in [0.15, 0.2) is 122 Å². The Balaban J connectivity index is 1.47. The maximum atomic E-state index is 4.01. The van der Waals surface area contributed by atoms with Gasteiger partial charge >= 0.3 is 0 Å². The highest BCUT2D eigenvalue weighted by atomic mass is 15.2. The van der Waals surface area contributed by atoms with Crippen LogP contribution < -0.4 is 9.80 Å². The maximum Gasteiger partial charge on any atom is 0.0520 e. The van der Waals surface area contributed by atoms with Gasteiger partial charge in [-0.3, -0.25) is 0 Å². The van der Waals surface area contributed by atoms with Crippen molar-refractivity contribution in [3.8, 4) is 11.1 Å². The normalized spacial score (nSPS) is 11.0. The summed E-state index contributed by atoms with van der Waals surface area (Å²) in [6.45, 7) is 21.6. The average Bonchev–Trinajstić information content (AvgIpc) is 3.04. The lowest BCUT2D eigenvalue weighted by Crippen LogP contribution is -2.14. The molecular weight excluding hydrogens is 581 g/mol. The minimum atomic E-state index is 1.14. The summed E-state index contributed by atoms with van der Waals surface area (Å²) >= 11 is 0. The number of hydrogen-bond acceptors (Lipinski definition) is 2. The molecule has 0 spiro atoms. The molecule has 0 atom stereocenters. The van der Waals surface area contributed by atoms with Gasteiger partial charge in [0.25, 0.3) is 0 Å². The fourth-order valence-electron chi connectivity index (χ4n) is 7.09. The summed E-state index contributed by atoms with van der Waals surface area (Å²) < 4.78 is 0. The largest absolute Gasteiger partial charge is 0.310 e. The number of hydrogen-bond donors (Lipinski definition) is 0. The van der Waals surface area contributed by atoms with E-state index in [1.165, 1.54) is 78.4 Å². The van der Waals surface area contributed by atoms with E-state index < -0.39 is 0 Å². The smallest absolute Gasteiger partial charge is 0.0520 e. The minimum absolute atomic E-state index is 1.14. The van der Waals surface area contributed by atoms with E-state index in [9.17, 15) is 0 Å². The molecule has 0 saturated carbocycles. The molecule has 0 radical (unpaired) electrons. The molecule has 0 aliphatic rings.